The first-order chi connectivity index (χ1) is 9.83. The number of amides is 1. The van der Waals surface area contributed by atoms with Crippen LogP contribution < -0.4 is 10.6 Å². The smallest absolute Gasteiger partial charge is 0.412 e. The van der Waals surface area contributed by atoms with Crippen molar-refractivity contribution in [3.8, 4) is 0 Å². The topological polar surface area (TPSA) is 50.4 Å². The van der Waals surface area contributed by atoms with Gasteiger partial charge in [-0.2, -0.15) is 0 Å². The number of hydrogen-bond donors (Lipinski definition) is 2. The van der Waals surface area contributed by atoms with Crippen LogP contribution >= 0.6 is 0 Å². The second-order valence-corrected chi connectivity index (χ2v) is 6.86. The summed E-state index contributed by atoms with van der Waals surface area (Å²) in [5.74, 6) is 0.726. The van der Waals surface area contributed by atoms with Gasteiger partial charge in [0.15, 0.2) is 0 Å². The third-order valence-electron chi connectivity index (χ3n) is 3.74. The maximum atomic E-state index is 11.7. The molecule has 1 aromatic carbocycles. The highest BCUT2D eigenvalue weighted by Crippen LogP contribution is 2.28. The van der Waals surface area contributed by atoms with E-state index in [1.54, 1.807) is 0 Å². The summed E-state index contributed by atoms with van der Waals surface area (Å²) in [6.45, 7) is 7.84. The van der Waals surface area contributed by atoms with Gasteiger partial charge in [-0.05, 0) is 63.8 Å². The normalized spacial score (nSPS) is 21.9. The summed E-state index contributed by atoms with van der Waals surface area (Å²) in [7, 11) is 0. The fourth-order valence-electron chi connectivity index (χ4n) is 2.65. The molecule has 1 amide bonds. The summed E-state index contributed by atoms with van der Waals surface area (Å²) in [6.07, 6.45) is 3.42. The van der Waals surface area contributed by atoms with E-state index in [0.29, 0.717) is 6.04 Å². The number of nitrogens with one attached hydrogen (secondary N) is 2. The molecule has 4 nitrogen and oxygen atoms in total. The van der Waals surface area contributed by atoms with E-state index in [2.05, 4.69) is 17.6 Å². The Labute approximate surface area is 127 Å². The Morgan fingerprint density at radius 1 is 1.14 bits per heavy atom. The molecule has 1 fully saturated rings. The van der Waals surface area contributed by atoms with E-state index in [0.717, 1.165) is 17.3 Å². The highest BCUT2D eigenvalue weighted by atomic mass is 16.6. The van der Waals surface area contributed by atoms with E-state index < -0.39 is 11.7 Å². The highest BCUT2D eigenvalue weighted by molar-refractivity contribution is 5.85. The molecule has 0 radical (unpaired) electrons. The van der Waals surface area contributed by atoms with E-state index in [1.165, 1.54) is 19.3 Å². The van der Waals surface area contributed by atoms with Gasteiger partial charge < -0.3 is 10.1 Å². The van der Waals surface area contributed by atoms with E-state index >= 15 is 0 Å². The molecule has 2 N–H and O–H groups in total. The van der Waals surface area contributed by atoms with Crippen molar-refractivity contribution >= 4 is 17.5 Å². The van der Waals surface area contributed by atoms with Crippen molar-refractivity contribution < 1.29 is 9.53 Å². The predicted molar refractivity (Wildman–Crippen MR) is 86.7 cm³/mol. The Morgan fingerprint density at radius 2 is 1.76 bits per heavy atom. The van der Waals surface area contributed by atoms with Crippen LogP contribution in [0.5, 0.6) is 0 Å². The third kappa shape index (κ3) is 4.96. The van der Waals surface area contributed by atoms with Crippen LogP contribution in [0.1, 0.15) is 47.0 Å². The lowest BCUT2D eigenvalue weighted by Gasteiger charge is -2.20. The second kappa shape index (κ2) is 6.37. The molecule has 1 aliphatic carbocycles. The molecule has 21 heavy (non-hydrogen) atoms. The number of anilines is 2. The molecule has 2 unspecified atom stereocenters. The molecule has 4 heteroatoms. The van der Waals surface area contributed by atoms with Gasteiger partial charge in [-0.15, -0.1) is 0 Å². The molecule has 0 heterocycles. The Bertz CT molecular complexity index is 477. The van der Waals surface area contributed by atoms with E-state index in [9.17, 15) is 4.79 Å². The summed E-state index contributed by atoms with van der Waals surface area (Å²) >= 11 is 0. The van der Waals surface area contributed by atoms with Crippen LogP contribution in [-0.2, 0) is 4.74 Å². The molecule has 0 aromatic heterocycles. The van der Waals surface area contributed by atoms with Crippen LogP contribution in [-0.4, -0.2) is 17.7 Å². The lowest BCUT2D eigenvalue weighted by atomic mass is 10.1. The molecule has 2 atom stereocenters. The van der Waals surface area contributed by atoms with Crippen molar-refractivity contribution in [3.63, 3.8) is 0 Å². The summed E-state index contributed by atoms with van der Waals surface area (Å²) in [5, 5.41) is 6.30. The maximum absolute atomic E-state index is 11.7. The minimum atomic E-state index is -0.482. The fraction of sp³-hybridized carbons (Fsp3) is 0.588. The second-order valence-electron chi connectivity index (χ2n) is 6.86. The van der Waals surface area contributed by atoms with Gasteiger partial charge in [0.2, 0.25) is 0 Å². The maximum Gasteiger partial charge on any atom is 0.412 e. The van der Waals surface area contributed by atoms with Crippen LogP contribution in [0.3, 0.4) is 0 Å². The zero-order chi connectivity index (χ0) is 15.5. The summed E-state index contributed by atoms with van der Waals surface area (Å²) in [6, 6.07) is 8.35. The van der Waals surface area contributed by atoms with Gasteiger partial charge in [-0.3, -0.25) is 5.32 Å². The van der Waals surface area contributed by atoms with Gasteiger partial charge in [0.1, 0.15) is 5.60 Å². The first-order valence-electron chi connectivity index (χ1n) is 7.70. The lowest BCUT2D eigenvalue weighted by molar-refractivity contribution is 0.0636. The SMILES string of the molecule is CC1CCCC1Nc1ccc(NC(=O)OC(C)(C)C)cc1. The number of hydrogen-bond acceptors (Lipinski definition) is 3. The number of rotatable bonds is 3. The zero-order valence-corrected chi connectivity index (χ0v) is 13.4. The Balaban J connectivity index is 1.88. The summed E-state index contributed by atoms with van der Waals surface area (Å²) in [4.78, 5) is 11.7. The van der Waals surface area contributed by atoms with Gasteiger partial charge in [-0.25, -0.2) is 4.79 Å². The fourth-order valence-corrected chi connectivity index (χ4v) is 2.65. The molecular weight excluding hydrogens is 264 g/mol. The molecule has 1 saturated carbocycles. The molecule has 1 aliphatic rings. The summed E-state index contributed by atoms with van der Waals surface area (Å²) < 4.78 is 5.23. The van der Waals surface area contributed by atoms with Crippen LogP contribution in [0, 0.1) is 5.92 Å². The van der Waals surface area contributed by atoms with Crippen molar-refractivity contribution in [2.45, 2.75) is 58.6 Å². The molecule has 0 aliphatic heterocycles. The minimum absolute atomic E-state index is 0.423. The van der Waals surface area contributed by atoms with E-state index in [4.69, 9.17) is 4.74 Å². The Morgan fingerprint density at radius 3 is 2.29 bits per heavy atom. The number of ether oxygens (including phenoxy) is 1. The molecule has 0 saturated heterocycles. The van der Waals surface area contributed by atoms with Crippen LogP contribution in [0.2, 0.25) is 0 Å². The lowest BCUT2D eigenvalue weighted by Crippen LogP contribution is -2.27. The number of benzene rings is 1. The monoisotopic (exact) mass is 290 g/mol. The molecule has 1 aromatic rings. The van der Waals surface area contributed by atoms with Gasteiger partial charge in [0, 0.05) is 17.4 Å². The molecular formula is C17H26N2O2. The van der Waals surface area contributed by atoms with E-state index in [-0.39, 0.29) is 0 Å². The summed E-state index contributed by atoms with van der Waals surface area (Å²) in [5.41, 5.74) is 1.36. The Kier molecular flexibility index (Phi) is 4.76. The van der Waals surface area contributed by atoms with Crippen LogP contribution in [0.4, 0.5) is 16.2 Å². The van der Waals surface area contributed by atoms with Crippen molar-refractivity contribution in [1.29, 1.82) is 0 Å². The van der Waals surface area contributed by atoms with Crippen molar-refractivity contribution in [1.82, 2.24) is 0 Å². The highest BCUT2D eigenvalue weighted by Gasteiger charge is 2.22. The largest absolute Gasteiger partial charge is 0.444 e. The van der Waals surface area contributed by atoms with Gasteiger partial charge >= 0.3 is 6.09 Å². The molecule has 2 rings (SSSR count). The van der Waals surface area contributed by atoms with Crippen molar-refractivity contribution in [2.75, 3.05) is 10.6 Å². The number of carbonyl (C=O) groups excluding carboxylic acids is 1. The van der Waals surface area contributed by atoms with Crippen molar-refractivity contribution in [2.24, 2.45) is 5.92 Å². The quantitative estimate of drug-likeness (QED) is 0.853. The third-order valence-corrected chi connectivity index (χ3v) is 3.74. The first-order valence-corrected chi connectivity index (χ1v) is 7.70. The van der Waals surface area contributed by atoms with Gasteiger partial charge in [0.25, 0.3) is 0 Å². The Hall–Kier alpha value is -1.71. The zero-order valence-electron chi connectivity index (χ0n) is 13.4. The predicted octanol–water partition coefficient (Wildman–Crippen LogP) is 4.63. The average Bonchev–Trinajstić information content (AvgIpc) is 2.75. The molecule has 116 valence electrons. The van der Waals surface area contributed by atoms with Gasteiger partial charge in [0.05, 0.1) is 0 Å². The molecule has 0 spiro atoms. The first kappa shape index (κ1) is 15.7. The molecule has 0 bridgehead atoms. The average molecular weight is 290 g/mol. The number of carbonyl (C=O) groups is 1. The van der Waals surface area contributed by atoms with Crippen LogP contribution in [0.15, 0.2) is 24.3 Å². The van der Waals surface area contributed by atoms with Gasteiger partial charge in [-0.1, -0.05) is 13.3 Å². The van der Waals surface area contributed by atoms with Crippen molar-refractivity contribution in [3.05, 3.63) is 24.3 Å². The minimum Gasteiger partial charge on any atom is -0.444 e. The standard InChI is InChI=1S/C17H26N2O2/c1-12-6-5-7-15(12)18-13-8-10-14(11-9-13)19-16(20)21-17(2,3)4/h8-12,15,18H,5-7H2,1-4H3,(H,19,20). The van der Waals surface area contributed by atoms with E-state index in [1.807, 2.05) is 45.0 Å². The van der Waals surface area contributed by atoms with Crippen LogP contribution in [0.25, 0.3) is 0 Å².